The van der Waals surface area contributed by atoms with Gasteiger partial charge in [0.25, 0.3) is 0 Å². The number of nitrogens with two attached hydrogens (primary N) is 1. The van der Waals surface area contributed by atoms with Crippen LogP contribution in [0.2, 0.25) is 0 Å². The minimum atomic E-state index is -0.251. The zero-order valence-electron chi connectivity index (χ0n) is 9.84. The van der Waals surface area contributed by atoms with E-state index in [0.29, 0.717) is 11.4 Å². The van der Waals surface area contributed by atoms with E-state index in [0.717, 1.165) is 16.9 Å². The summed E-state index contributed by atoms with van der Waals surface area (Å²) in [5, 5.41) is 4.35. The van der Waals surface area contributed by atoms with Gasteiger partial charge in [0.15, 0.2) is 0 Å². The van der Waals surface area contributed by atoms with E-state index in [1.54, 1.807) is 23.7 Å². The molecule has 0 saturated carbocycles. The van der Waals surface area contributed by atoms with Gasteiger partial charge in [-0.15, -0.1) is 0 Å². The van der Waals surface area contributed by atoms with E-state index in [1.165, 1.54) is 4.57 Å². The first-order chi connectivity index (χ1) is 8.56. The molecular formula is C12H13N3O2S. The Labute approximate surface area is 108 Å². The van der Waals surface area contributed by atoms with Gasteiger partial charge in [0.2, 0.25) is 5.91 Å². The molecule has 0 radical (unpaired) electrons. The largest absolute Gasteiger partial charge is 0.398 e. The zero-order chi connectivity index (χ0) is 13.1. The lowest BCUT2D eigenvalue weighted by Gasteiger charge is -2.07. The van der Waals surface area contributed by atoms with Gasteiger partial charge in [-0.05, 0) is 24.6 Å². The minimum absolute atomic E-state index is 0.0100. The van der Waals surface area contributed by atoms with Crippen LogP contribution >= 0.6 is 11.3 Å². The number of thiazole rings is 1. The number of anilines is 2. The van der Waals surface area contributed by atoms with Crippen LogP contribution in [-0.2, 0) is 11.3 Å². The van der Waals surface area contributed by atoms with E-state index < -0.39 is 0 Å². The van der Waals surface area contributed by atoms with Gasteiger partial charge in [0.05, 0.1) is 0 Å². The van der Waals surface area contributed by atoms with Crippen LogP contribution in [0.15, 0.2) is 34.6 Å². The highest BCUT2D eigenvalue weighted by molar-refractivity contribution is 7.07. The third kappa shape index (κ3) is 2.78. The van der Waals surface area contributed by atoms with Gasteiger partial charge in [-0.2, -0.15) is 0 Å². The highest BCUT2D eigenvalue weighted by atomic mass is 32.1. The van der Waals surface area contributed by atoms with E-state index in [1.807, 2.05) is 13.0 Å². The maximum atomic E-state index is 11.7. The number of benzene rings is 1. The third-order valence-corrected chi connectivity index (χ3v) is 3.22. The number of aromatic nitrogens is 1. The molecule has 5 nitrogen and oxygen atoms in total. The highest BCUT2D eigenvalue weighted by Gasteiger charge is 2.06. The molecule has 0 aliphatic rings. The summed E-state index contributed by atoms with van der Waals surface area (Å²) in [6.45, 7) is 1.90. The number of rotatable bonds is 3. The Morgan fingerprint density at radius 1 is 1.50 bits per heavy atom. The molecule has 0 fully saturated rings. The molecule has 0 atom stereocenters. The van der Waals surface area contributed by atoms with Crippen LogP contribution in [-0.4, -0.2) is 10.5 Å². The summed E-state index contributed by atoms with van der Waals surface area (Å²) in [5.74, 6) is -0.251. The first kappa shape index (κ1) is 12.4. The van der Waals surface area contributed by atoms with Crippen molar-refractivity contribution in [3.63, 3.8) is 0 Å². The Morgan fingerprint density at radius 2 is 2.28 bits per heavy atom. The second-order valence-corrected chi connectivity index (χ2v) is 4.77. The molecule has 1 aromatic heterocycles. The van der Waals surface area contributed by atoms with Crippen LogP contribution in [0.25, 0.3) is 0 Å². The average Bonchev–Trinajstić information content (AvgIpc) is 2.70. The summed E-state index contributed by atoms with van der Waals surface area (Å²) in [7, 11) is 0. The summed E-state index contributed by atoms with van der Waals surface area (Å²) < 4.78 is 1.36. The summed E-state index contributed by atoms with van der Waals surface area (Å²) in [4.78, 5) is 22.9. The third-order valence-electron chi connectivity index (χ3n) is 2.52. The average molecular weight is 263 g/mol. The van der Waals surface area contributed by atoms with E-state index in [-0.39, 0.29) is 17.3 Å². The number of nitrogens with zero attached hydrogens (tertiary/aromatic N) is 1. The molecule has 0 unspecified atom stereocenters. The van der Waals surface area contributed by atoms with Crippen molar-refractivity contribution in [3.8, 4) is 0 Å². The first-order valence-electron chi connectivity index (χ1n) is 5.36. The number of nitrogen functional groups attached to an aromatic ring is 1. The van der Waals surface area contributed by atoms with Gasteiger partial charge < -0.3 is 11.1 Å². The summed E-state index contributed by atoms with van der Waals surface area (Å²) in [6.07, 6.45) is 1.59. The van der Waals surface area contributed by atoms with Crippen molar-refractivity contribution in [3.05, 3.63) is 45.0 Å². The lowest BCUT2D eigenvalue weighted by molar-refractivity contribution is -0.116. The standard InChI is InChI=1S/C12H13N3O2S/c1-8-2-3-9(6-10(8)13)14-11(16)7-15-4-5-18-12(15)17/h2-6H,7,13H2,1H3,(H,14,16). The predicted octanol–water partition coefficient (Wildman–Crippen LogP) is 1.44. The summed E-state index contributed by atoms with van der Waals surface area (Å²) in [5.41, 5.74) is 7.97. The van der Waals surface area contributed by atoms with Crippen LogP contribution in [0, 0.1) is 6.92 Å². The number of nitrogens with one attached hydrogen (secondary N) is 1. The molecule has 18 heavy (non-hydrogen) atoms. The lowest BCUT2D eigenvalue weighted by atomic mass is 10.2. The van der Waals surface area contributed by atoms with Crippen LogP contribution in [0.5, 0.6) is 0 Å². The van der Waals surface area contributed by atoms with Crippen molar-refractivity contribution in [2.24, 2.45) is 0 Å². The van der Waals surface area contributed by atoms with Gasteiger partial charge in [0, 0.05) is 23.0 Å². The SMILES string of the molecule is Cc1ccc(NC(=O)Cn2ccsc2=O)cc1N. The van der Waals surface area contributed by atoms with Crippen LogP contribution in [0.1, 0.15) is 5.56 Å². The molecule has 94 valence electrons. The number of hydrogen-bond acceptors (Lipinski definition) is 4. The second-order valence-electron chi connectivity index (χ2n) is 3.92. The lowest BCUT2D eigenvalue weighted by Crippen LogP contribution is -2.23. The van der Waals surface area contributed by atoms with Gasteiger partial charge in [-0.25, -0.2) is 0 Å². The monoisotopic (exact) mass is 263 g/mol. The molecule has 0 bridgehead atoms. The molecule has 6 heteroatoms. The second kappa shape index (κ2) is 5.05. The Kier molecular flexibility index (Phi) is 3.47. The number of aryl methyl sites for hydroxylation is 1. The first-order valence-corrected chi connectivity index (χ1v) is 6.24. The molecule has 1 amide bonds. The van der Waals surface area contributed by atoms with Crippen molar-refractivity contribution in [1.82, 2.24) is 4.57 Å². The van der Waals surface area contributed by atoms with Crippen LogP contribution < -0.4 is 15.9 Å². The van der Waals surface area contributed by atoms with Crippen molar-refractivity contribution in [1.29, 1.82) is 0 Å². The number of carbonyl (C=O) groups excluding carboxylic acids is 1. The maximum absolute atomic E-state index is 11.7. The molecule has 1 heterocycles. The summed E-state index contributed by atoms with van der Waals surface area (Å²) in [6, 6.07) is 5.31. The van der Waals surface area contributed by atoms with Crippen molar-refractivity contribution < 1.29 is 4.79 Å². The maximum Gasteiger partial charge on any atom is 0.307 e. The Balaban J connectivity index is 2.05. The predicted molar refractivity (Wildman–Crippen MR) is 72.8 cm³/mol. The Bertz CT molecular complexity index is 630. The minimum Gasteiger partial charge on any atom is -0.398 e. The van der Waals surface area contributed by atoms with E-state index in [2.05, 4.69) is 5.32 Å². The smallest absolute Gasteiger partial charge is 0.307 e. The van der Waals surface area contributed by atoms with Gasteiger partial charge >= 0.3 is 4.87 Å². The molecule has 0 saturated heterocycles. The molecule has 0 spiro atoms. The van der Waals surface area contributed by atoms with E-state index in [4.69, 9.17) is 5.73 Å². The fourth-order valence-electron chi connectivity index (χ4n) is 1.48. The molecule has 2 rings (SSSR count). The van der Waals surface area contributed by atoms with Crippen LogP contribution in [0.3, 0.4) is 0 Å². The molecule has 2 aromatic rings. The Hall–Kier alpha value is -2.08. The normalized spacial score (nSPS) is 10.3. The number of carbonyl (C=O) groups is 1. The fourth-order valence-corrected chi connectivity index (χ4v) is 2.07. The number of amides is 1. The van der Waals surface area contributed by atoms with Gasteiger partial charge in [0.1, 0.15) is 6.54 Å². The van der Waals surface area contributed by atoms with Crippen molar-refractivity contribution >= 4 is 28.6 Å². The van der Waals surface area contributed by atoms with Crippen molar-refractivity contribution in [2.75, 3.05) is 11.1 Å². The molecule has 0 aliphatic carbocycles. The topological polar surface area (TPSA) is 77.1 Å². The van der Waals surface area contributed by atoms with E-state index in [9.17, 15) is 9.59 Å². The highest BCUT2D eigenvalue weighted by Crippen LogP contribution is 2.16. The fraction of sp³-hybridized carbons (Fsp3) is 0.167. The van der Waals surface area contributed by atoms with Gasteiger partial charge in [-0.1, -0.05) is 17.4 Å². The number of hydrogen-bond donors (Lipinski definition) is 2. The molecule has 0 aliphatic heterocycles. The molecular weight excluding hydrogens is 250 g/mol. The van der Waals surface area contributed by atoms with Crippen molar-refractivity contribution in [2.45, 2.75) is 13.5 Å². The van der Waals surface area contributed by atoms with E-state index >= 15 is 0 Å². The zero-order valence-corrected chi connectivity index (χ0v) is 10.7. The summed E-state index contributed by atoms with van der Waals surface area (Å²) >= 11 is 1.06. The quantitative estimate of drug-likeness (QED) is 0.823. The van der Waals surface area contributed by atoms with Crippen LogP contribution in [0.4, 0.5) is 11.4 Å². The molecule has 1 aromatic carbocycles. The Morgan fingerprint density at radius 3 is 2.89 bits per heavy atom. The molecule has 3 N–H and O–H groups in total. The van der Waals surface area contributed by atoms with Gasteiger partial charge in [-0.3, -0.25) is 14.2 Å².